The first-order valence-corrected chi connectivity index (χ1v) is 10.8. The lowest BCUT2D eigenvalue weighted by Gasteiger charge is -2.25. The number of fused-ring (bicyclic) bond motifs is 1. The fourth-order valence-electron chi connectivity index (χ4n) is 3.88. The van der Waals surface area contributed by atoms with Crippen LogP contribution in [0.25, 0.3) is 11.3 Å². The Balaban J connectivity index is 1.81. The van der Waals surface area contributed by atoms with Crippen LogP contribution in [0.3, 0.4) is 0 Å². The topological polar surface area (TPSA) is 116 Å². The highest BCUT2D eigenvalue weighted by Gasteiger charge is 2.36. The molecule has 1 aromatic heterocycles. The van der Waals surface area contributed by atoms with Gasteiger partial charge in [-0.25, -0.2) is 4.98 Å². The van der Waals surface area contributed by atoms with E-state index in [2.05, 4.69) is 4.98 Å². The van der Waals surface area contributed by atoms with Crippen molar-refractivity contribution >= 4 is 17.8 Å². The third-order valence-electron chi connectivity index (χ3n) is 5.24. The minimum atomic E-state index is -0.897. The third kappa shape index (κ3) is 5.00. The van der Waals surface area contributed by atoms with Crippen molar-refractivity contribution in [2.24, 2.45) is 5.73 Å². The lowest BCUT2D eigenvalue weighted by Crippen LogP contribution is -2.45. The van der Waals surface area contributed by atoms with Gasteiger partial charge in [0.25, 0.3) is 5.91 Å². The Morgan fingerprint density at radius 2 is 1.97 bits per heavy atom. The van der Waals surface area contributed by atoms with Crippen LogP contribution in [0.5, 0.6) is 0 Å². The van der Waals surface area contributed by atoms with E-state index in [-0.39, 0.29) is 31.2 Å². The van der Waals surface area contributed by atoms with Gasteiger partial charge in [0.1, 0.15) is 23.1 Å². The second-order valence-corrected chi connectivity index (χ2v) is 9.45. The molecule has 0 fully saturated rings. The van der Waals surface area contributed by atoms with Crippen LogP contribution in [0.15, 0.2) is 22.6 Å². The first-order valence-electron chi connectivity index (χ1n) is 10.8. The molecule has 8 heteroatoms. The molecule has 0 bridgehead atoms. The van der Waals surface area contributed by atoms with Gasteiger partial charge in [-0.15, -0.1) is 0 Å². The maximum Gasteiger partial charge on any atom is 0.306 e. The van der Waals surface area contributed by atoms with Crippen LogP contribution >= 0.6 is 0 Å². The zero-order valence-corrected chi connectivity index (χ0v) is 19.5. The van der Waals surface area contributed by atoms with Crippen molar-refractivity contribution in [3.8, 4) is 11.3 Å². The Morgan fingerprint density at radius 1 is 1.28 bits per heavy atom. The molecule has 0 aliphatic carbocycles. The van der Waals surface area contributed by atoms with Crippen LogP contribution in [-0.2, 0) is 20.9 Å². The number of carbonyl (C=O) groups excluding carboxylic acids is 3. The predicted molar refractivity (Wildman–Crippen MR) is 119 cm³/mol. The highest BCUT2D eigenvalue weighted by Crippen LogP contribution is 2.34. The summed E-state index contributed by atoms with van der Waals surface area (Å²) in [6, 6.07) is 4.59. The summed E-state index contributed by atoms with van der Waals surface area (Å²) in [6.07, 6.45) is 0.100. The molecule has 0 spiro atoms. The van der Waals surface area contributed by atoms with Crippen LogP contribution < -0.4 is 5.73 Å². The normalized spacial score (nSPS) is 14.6. The lowest BCUT2D eigenvalue weighted by molar-refractivity contribution is -0.155. The summed E-state index contributed by atoms with van der Waals surface area (Å²) in [5.41, 5.74) is 7.88. The van der Waals surface area contributed by atoms with E-state index in [1.54, 1.807) is 33.8 Å². The van der Waals surface area contributed by atoms with Gasteiger partial charge < -0.3 is 19.8 Å². The van der Waals surface area contributed by atoms with Gasteiger partial charge in [-0.3, -0.25) is 14.4 Å². The van der Waals surface area contributed by atoms with Crippen molar-refractivity contribution < 1.29 is 23.5 Å². The number of oxazole rings is 1. The van der Waals surface area contributed by atoms with Crippen molar-refractivity contribution in [3.63, 3.8) is 0 Å². The van der Waals surface area contributed by atoms with Crippen LogP contribution in [0.4, 0.5) is 0 Å². The minimum Gasteiger partial charge on any atom is -0.460 e. The fourth-order valence-corrected chi connectivity index (χ4v) is 3.88. The van der Waals surface area contributed by atoms with Crippen molar-refractivity contribution in [2.75, 3.05) is 0 Å². The third-order valence-corrected chi connectivity index (χ3v) is 5.24. The van der Waals surface area contributed by atoms with Gasteiger partial charge in [-0.2, -0.15) is 0 Å². The number of esters is 1. The summed E-state index contributed by atoms with van der Waals surface area (Å²) in [5.74, 6) is 0.167. The van der Waals surface area contributed by atoms with Crippen LogP contribution in [0, 0.1) is 6.92 Å². The minimum absolute atomic E-state index is 0.00772. The number of nitrogens with two attached hydrogens (primary N) is 1. The molecule has 1 aliphatic heterocycles. The monoisotopic (exact) mass is 441 g/mol. The molecular weight excluding hydrogens is 410 g/mol. The fraction of sp³-hybridized carbons (Fsp3) is 0.500. The number of aromatic nitrogens is 1. The molecule has 1 atom stereocenters. The number of rotatable bonds is 7. The number of nitrogens with zero attached hydrogens (tertiary/aromatic N) is 2. The van der Waals surface area contributed by atoms with Crippen molar-refractivity contribution in [1.29, 1.82) is 0 Å². The average molecular weight is 442 g/mol. The molecule has 1 unspecified atom stereocenters. The van der Waals surface area contributed by atoms with E-state index < -0.39 is 23.5 Å². The molecule has 0 saturated carbocycles. The number of carbonyl (C=O) groups is 3. The number of ether oxygens (including phenoxy) is 1. The molecule has 0 radical (unpaired) electrons. The Labute approximate surface area is 188 Å². The SMILES string of the molecule is Cc1nc(-c2ccc3c(c2)CN(C(CCC(=O)OC(C)(C)C)C(N)=O)C3=O)c(C(C)C)o1. The van der Waals surface area contributed by atoms with Gasteiger partial charge in [0.05, 0.1) is 0 Å². The van der Waals surface area contributed by atoms with E-state index in [1.165, 1.54) is 4.90 Å². The van der Waals surface area contributed by atoms with Crippen molar-refractivity contribution in [3.05, 3.63) is 41.0 Å². The van der Waals surface area contributed by atoms with Gasteiger partial charge in [0.2, 0.25) is 5.91 Å². The number of benzene rings is 1. The zero-order valence-electron chi connectivity index (χ0n) is 19.5. The van der Waals surface area contributed by atoms with E-state index >= 15 is 0 Å². The van der Waals surface area contributed by atoms with E-state index in [0.717, 1.165) is 22.6 Å². The molecule has 3 rings (SSSR count). The van der Waals surface area contributed by atoms with Gasteiger partial charge in [0.15, 0.2) is 5.89 Å². The summed E-state index contributed by atoms with van der Waals surface area (Å²) in [4.78, 5) is 43.2. The lowest BCUT2D eigenvalue weighted by atomic mass is 10.0. The molecule has 1 aliphatic rings. The molecule has 2 heterocycles. The molecule has 172 valence electrons. The summed E-state index contributed by atoms with van der Waals surface area (Å²) in [6.45, 7) is 11.4. The summed E-state index contributed by atoms with van der Waals surface area (Å²) >= 11 is 0. The van der Waals surface area contributed by atoms with E-state index in [0.29, 0.717) is 11.5 Å². The molecule has 0 saturated heterocycles. The van der Waals surface area contributed by atoms with Crippen LogP contribution in [0.2, 0.25) is 0 Å². The quantitative estimate of drug-likeness (QED) is 0.655. The Bertz CT molecular complexity index is 1050. The second-order valence-electron chi connectivity index (χ2n) is 9.45. The van der Waals surface area contributed by atoms with Gasteiger partial charge in [-0.05, 0) is 44.9 Å². The Morgan fingerprint density at radius 3 is 2.56 bits per heavy atom. The highest BCUT2D eigenvalue weighted by molar-refractivity contribution is 6.01. The molecule has 2 N–H and O–H groups in total. The summed E-state index contributed by atoms with van der Waals surface area (Å²) in [7, 11) is 0. The van der Waals surface area contributed by atoms with Crippen molar-refractivity contribution in [1.82, 2.24) is 9.88 Å². The maximum atomic E-state index is 13.0. The summed E-state index contributed by atoms with van der Waals surface area (Å²) in [5, 5.41) is 0. The van der Waals surface area contributed by atoms with E-state index in [1.807, 2.05) is 26.0 Å². The average Bonchev–Trinajstić information content (AvgIpc) is 3.21. The molecule has 2 amide bonds. The molecule has 32 heavy (non-hydrogen) atoms. The highest BCUT2D eigenvalue weighted by atomic mass is 16.6. The molecular formula is C24H31N3O5. The standard InChI is InChI=1S/C24H31N3O5/c1-13(2)21-20(26-14(3)31-21)15-7-8-17-16(11-15)12-27(23(17)30)18(22(25)29)9-10-19(28)32-24(4,5)6/h7-8,11,13,18H,9-10,12H2,1-6H3,(H2,25,29). The smallest absolute Gasteiger partial charge is 0.306 e. The van der Waals surface area contributed by atoms with Crippen LogP contribution in [-0.4, -0.2) is 39.3 Å². The molecule has 8 nitrogen and oxygen atoms in total. The maximum absolute atomic E-state index is 13.0. The predicted octanol–water partition coefficient (Wildman–Crippen LogP) is 3.71. The van der Waals surface area contributed by atoms with E-state index in [9.17, 15) is 14.4 Å². The van der Waals surface area contributed by atoms with E-state index in [4.69, 9.17) is 14.9 Å². The first kappa shape index (κ1) is 23.5. The number of amides is 2. The molecule has 1 aromatic carbocycles. The Hall–Kier alpha value is -3.16. The number of primary amides is 1. The largest absolute Gasteiger partial charge is 0.460 e. The van der Waals surface area contributed by atoms with Gasteiger partial charge in [-0.1, -0.05) is 19.9 Å². The summed E-state index contributed by atoms with van der Waals surface area (Å²) < 4.78 is 11.1. The Kier molecular flexibility index (Phi) is 6.44. The number of hydrogen-bond acceptors (Lipinski definition) is 6. The first-order chi connectivity index (χ1) is 14.9. The van der Waals surface area contributed by atoms with Crippen LogP contribution in [0.1, 0.15) is 81.0 Å². The zero-order chi connectivity index (χ0) is 23.8. The number of hydrogen-bond donors (Lipinski definition) is 1. The van der Waals surface area contributed by atoms with Crippen molar-refractivity contribution in [2.45, 2.75) is 78.5 Å². The number of aryl methyl sites for hydroxylation is 1. The van der Waals surface area contributed by atoms with Gasteiger partial charge >= 0.3 is 5.97 Å². The van der Waals surface area contributed by atoms with Gasteiger partial charge in [0, 0.05) is 36.9 Å². The molecule has 2 aromatic rings. The second kappa shape index (κ2) is 8.76.